The summed E-state index contributed by atoms with van der Waals surface area (Å²) < 4.78 is 38.5. The van der Waals surface area contributed by atoms with Crippen LogP contribution in [-0.2, 0) is 10.1 Å². The number of pyridine rings is 1. The third kappa shape index (κ3) is 3.69. The van der Waals surface area contributed by atoms with Gasteiger partial charge in [0.25, 0.3) is 0 Å². The molecule has 0 radical (unpaired) electrons. The molecule has 1 N–H and O–H groups in total. The Morgan fingerprint density at radius 1 is 1.15 bits per heavy atom. The van der Waals surface area contributed by atoms with Gasteiger partial charge in [-0.1, -0.05) is 0 Å². The number of nitrogens with zero attached hydrogens (tertiary/aromatic N) is 1. The number of rotatable bonds is 4. The molecule has 0 spiro atoms. The molecule has 5 nitrogen and oxygen atoms in total. The third-order valence-corrected chi connectivity index (χ3v) is 3.37. The zero-order valence-electron chi connectivity index (χ0n) is 10.7. The quantitative estimate of drug-likeness (QED) is 0.557. The molecular formula is C13H14ClNO4S. The van der Waals surface area contributed by atoms with Crippen molar-refractivity contribution in [3.05, 3.63) is 48.7 Å². The maximum atomic E-state index is 11.3. The molecule has 7 heteroatoms. The van der Waals surface area contributed by atoms with Gasteiger partial charge in [-0.15, -0.1) is 4.57 Å². The molecule has 2 rings (SSSR count). The second kappa shape index (κ2) is 6.69. The van der Waals surface area contributed by atoms with Crippen molar-refractivity contribution in [1.29, 1.82) is 0 Å². The van der Waals surface area contributed by atoms with Crippen LogP contribution in [0.2, 0.25) is 0 Å². The highest BCUT2D eigenvalue weighted by Gasteiger charge is 2.24. The highest BCUT2D eigenvalue weighted by atomic mass is 35.5. The standard InChI is InChI=1S/C13H13NO4S.ClH/c1-2-18-12-8-6-11(7-9-12)14-10-4-3-5-13(14)19(15,16)17;/h3-10H,2H2,1H3;1H. The van der Waals surface area contributed by atoms with Gasteiger partial charge in [-0.2, -0.15) is 8.42 Å². The van der Waals surface area contributed by atoms with E-state index in [1.54, 1.807) is 42.6 Å². The fraction of sp³-hybridized carbons (Fsp3) is 0.154. The highest BCUT2D eigenvalue weighted by molar-refractivity contribution is 7.85. The minimum atomic E-state index is -4.27. The number of benzene rings is 1. The van der Waals surface area contributed by atoms with Gasteiger partial charge in [0, 0.05) is 24.3 Å². The van der Waals surface area contributed by atoms with Crippen molar-refractivity contribution < 1.29 is 34.7 Å². The van der Waals surface area contributed by atoms with Crippen molar-refractivity contribution in [3.63, 3.8) is 0 Å². The van der Waals surface area contributed by atoms with E-state index in [0.717, 1.165) is 0 Å². The molecule has 0 atom stereocenters. The van der Waals surface area contributed by atoms with Crippen molar-refractivity contribution in [2.24, 2.45) is 0 Å². The van der Waals surface area contributed by atoms with Gasteiger partial charge >= 0.3 is 15.1 Å². The lowest BCUT2D eigenvalue weighted by Gasteiger charge is -2.03. The monoisotopic (exact) mass is 315 g/mol. The van der Waals surface area contributed by atoms with Crippen LogP contribution in [0.1, 0.15) is 6.92 Å². The summed E-state index contributed by atoms with van der Waals surface area (Å²) >= 11 is 0. The van der Waals surface area contributed by atoms with Gasteiger partial charge < -0.3 is 17.1 Å². The van der Waals surface area contributed by atoms with E-state index in [1.165, 1.54) is 10.6 Å². The summed E-state index contributed by atoms with van der Waals surface area (Å²) in [6, 6.07) is 11.5. The minimum Gasteiger partial charge on any atom is -1.00 e. The lowest BCUT2D eigenvalue weighted by atomic mass is 10.3. The Bertz CT molecular complexity index is 671. The van der Waals surface area contributed by atoms with Gasteiger partial charge in [-0.25, -0.2) is 0 Å². The van der Waals surface area contributed by atoms with E-state index in [-0.39, 0.29) is 17.4 Å². The molecular weight excluding hydrogens is 302 g/mol. The Morgan fingerprint density at radius 3 is 2.35 bits per heavy atom. The van der Waals surface area contributed by atoms with Gasteiger partial charge in [-0.05, 0) is 25.1 Å². The predicted molar refractivity (Wildman–Crippen MR) is 69.0 cm³/mol. The Balaban J connectivity index is 0.00000200. The molecule has 108 valence electrons. The Kier molecular flexibility index (Phi) is 5.50. The lowest BCUT2D eigenvalue weighted by molar-refractivity contribution is -0.637. The SMILES string of the molecule is CCOc1ccc(-[n+]2ccccc2S(=O)(=O)O)cc1.[Cl-]. The molecule has 0 saturated carbocycles. The molecule has 1 aromatic carbocycles. The molecule has 0 fully saturated rings. The van der Waals surface area contributed by atoms with Crippen LogP contribution in [0.4, 0.5) is 0 Å². The zero-order valence-corrected chi connectivity index (χ0v) is 12.3. The molecule has 1 heterocycles. The van der Waals surface area contributed by atoms with Crippen molar-refractivity contribution in [3.8, 4) is 11.4 Å². The Hall–Kier alpha value is -1.63. The second-order valence-electron chi connectivity index (χ2n) is 3.81. The molecule has 0 amide bonds. The summed E-state index contributed by atoms with van der Waals surface area (Å²) in [5, 5.41) is -0.181. The first-order valence-corrected chi connectivity index (χ1v) is 7.18. The number of ether oxygens (including phenoxy) is 1. The summed E-state index contributed by atoms with van der Waals surface area (Å²) in [6.45, 7) is 2.45. The van der Waals surface area contributed by atoms with Crippen LogP contribution in [-0.4, -0.2) is 19.6 Å². The summed E-state index contributed by atoms with van der Waals surface area (Å²) in [6.07, 6.45) is 1.57. The normalized spacial score (nSPS) is 10.7. The van der Waals surface area contributed by atoms with Crippen LogP contribution in [0, 0.1) is 0 Å². The zero-order chi connectivity index (χ0) is 13.9. The lowest BCUT2D eigenvalue weighted by Crippen LogP contribution is -3.00. The van der Waals surface area contributed by atoms with E-state index >= 15 is 0 Å². The Labute approximate surface area is 124 Å². The summed E-state index contributed by atoms with van der Waals surface area (Å²) in [4.78, 5) is 0. The molecule has 0 saturated heterocycles. The first-order valence-electron chi connectivity index (χ1n) is 5.74. The van der Waals surface area contributed by atoms with E-state index in [4.69, 9.17) is 4.74 Å². The van der Waals surface area contributed by atoms with Crippen molar-refractivity contribution in [2.45, 2.75) is 11.9 Å². The van der Waals surface area contributed by atoms with Crippen molar-refractivity contribution in [1.82, 2.24) is 0 Å². The van der Waals surface area contributed by atoms with E-state index in [9.17, 15) is 13.0 Å². The van der Waals surface area contributed by atoms with Gasteiger partial charge in [-0.3, -0.25) is 4.55 Å². The molecule has 20 heavy (non-hydrogen) atoms. The van der Waals surface area contributed by atoms with Gasteiger partial charge in [0.05, 0.1) is 6.61 Å². The van der Waals surface area contributed by atoms with Crippen LogP contribution >= 0.6 is 0 Å². The number of hydrogen-bond acceptors (Lipinski definition) is 3. The summed E-state index contributed by atoms with van der Waals surface area (Å²) in [5.74, 6) is 0.705. The fourth-order valence-corrected chi connectivity index (χ4v) is 2.39. The maximum Gasteiger partial charge on any atom is 0.355 e. The second-order valence-corrected chi connectivity index (χ2v) is 5.18. The molecule has 0 aliphatic carbocycles. The number of aromatic nitrogens is 1. The summed E-state index contributed by atoms with van der Waals surface area (Å²) in [5.41, 5.74) is 0.622. The third-order valence-electron chi connectivity index (χ3n) is 2.51. The van der Waals surface area contributed by atoms with E-state index < -0.39 is 10.1 Å². The first kappa shape index (κ1) is 16.4. The average Bonchev–Trinajstić information content (AvgIpc) is 2.39. The topological polar surface area (TPSA) is 67.5 Å². The van der Waals surface area contributed by atoms with Crippen LogP contribution in [0.25, 0.3) is 5.69 Å². The largest absolute Gasteiger partial charge is 1.00 e. The molecule has 1 aromatic heterocycles. The van der Waals surface area contributed by atoms with Crippen LogP contribution in [0.15, 0.2) is 53.7 Å². The highest BCUT2D eigenvalue weighted by Crippen LogP contribution is 2.13. The van der Waals surface area contributed by atoms with E-state index in [1.807, 2.05) is 6.92 Å². The van der Waals surface area contributed by atoms with Gasteiger partial charge in [0.2, 0.25) is 5.69 Å². The maximum absolute atomic E-state index is 11.3. The fourth-order valence-electron chi connectivity index (χ4n) is 1.72. The predicted octanol–water partition coefficient (Wildman–Crippen LogP) is -1.39. The van der Waals surface area contributed by atoms with Crippen molar-refractivity contribution >= 4 is 10.1 Å². The van der Waals surface area contributed by atoms with E-state index in [0.29, 0.717) is 18.0 Å². The van der Waals surface area contributed by atoms with E-state index in [2.05, 4.69) is 0 Å². The van der Waals surface area contributed by atoms with Gasteiger partial charge in [0.15, 0.2) is 6.20 Å². The minimum absolute atomic E-state index is 0. The first-order chi connectivity index (χ1) is 9.02. The smallest absolute Gasteiger partial charge is 0.355 e. The van der Waals surface area contributed by atoms with Crippen molar-refractivity contribution in [2.75, 3.05) is 6.61 Å². The molecule has 0 aliphatic heterocycles. The average molecular weight is 316 g/mol. The molecule has 0 aliphatic rings. The Morgan fingerprint density at radius 2 is 1.80 bits per heavy atom. The number of halogens is 1. The van der Waals surface area contributed by atoms with Gasteiger partial charge in [0.1, 0.15) is 5.75 Å². The number of hydrogen-bond donors (Lipinski definition) is 1. The van der Waals surface area contributed by atoms with Crippen LogP contribution in [0.5, 0.6) is 5.75 Å². The molecule has 2 aromatic rings. The van der Waals surface area contributed by atoms with Crippen LogP contribution < -0.4 is 21.7 Å². The molecule has 0 unspecified atom stereocenters. The molecule has 0 bridgehead atoms. The summed E-state index contributed by atoms with van der Waals surface area (Å²) in [7, 11) is -4.27. The van der Waals surface area contributed by atoms with Crippen LogP contribution in [0.3, 0.4) is 0 Å².